The highest BCUT2D eigenvalue weighted by molar-refractivity contribution is 5.91. The van der Waals surface area contributed by atoms with Gasteiger partial charge in [-0.1, -0.05) is 18.6 Å². The molecule has 4 heteroatoms. The minimum atomic E-state index is -0.372. The first-order valence-electron chi connectivity index (χ1n) is 9.18. The van der Waals surface area contributed by atoms with Crippen LogP contribution in [0.1, 0.15) is 55.8 Å². The zero-order valence-electron chi connectivity index (χ0n) is 14.4. The summed E-state index contributed by atoms with van der Waals surface area (Å²) in [6, 6.07) is 6.49. The maximum atomic E-state index is 12.8. The molecule has 1 saturated heterocycles. The number of nitrogens with one attached hydrogen (secondary N) is 1. The number of fused-ring (bicyclic) bond motifs is 3. The predicted octanol–water partition coefficient (Wildman–Crippen LogP) is 4.40. The number of hydrogen-bond donors (Lipinski definition) is 1. The van der Waals surface area contributed by atoms with Crippen molar-refractivity contribution < 1.29 is 9.53 Å². The molecule has 1 unspecified atom stereocenters. The fourth-order valence-corrected chi connectivity index (χ4v) is 5.56. The lowest BCUT2D eigenvalue weighted by atomic mass is 9.67. The van der Waals surface area contributed by atoms with E-state index in [1.54, 1.807) is 0 Å². The van der Waals surface area contributed by atoms with E-state index in [1.807, 2.05) is 4.90 Å². The summed E-state index contributed by atoms with van der Waals surface area (Å²) in [5.41, 5.74) is 4.31. The van der Waals surface area contributed by atoms with Crippen LogP contribution < -0.4 is 0 Å². The monoisotopic (exact) mass is 324 g/mol. The van der Waals surface area contributed by atoms with E-state index in [2.05, 4.69) is 37.0 Å². The van der Waals surface area contributed by atoms with Gasteiger partial charge in [0, 0.05) is 23.1 Å². The summed E-state index contributed by atoms with van der Waals surface area (Å²) in [6.45, 7) is 5.13. The third kappa shape index (κ3) is 1.52. The van der Waals surface area contributed by atoms with E-state index in [0.717, 1.165) is 38.6 Å². The fraction of sp³-hybridized carbons (Fsp3) is 0.550. The number of amides is 1. The van der Waals surface area contributed by atoms with Crippen LogP contribution in [0.15, 0.2) is 18.2 Å². The molecular formula is C20H24N2O2. The lowest BCUT2D eigenvalue weighted by Crippen LogP contribution is -2.54. The van der Waals surface area contributed by atoms with E-state index < -0.39 is 0 Å². The summed E-state index contributed by atoms with van der Waals surface area (Å²) in [7, 11) is 0. The molecule has 2 fully saturated rings. The first-order valence-corrected chi connectivity index (χ1v) is 9.18. The maximum Gasteiger partial charge on any atom is 0.411 e. The van der Waals surface area contributed by atoms with Gasteiger partial charge in [-0.05, 0) is 63.1 Å². The highest BCUT2D eigenvalue weighted by Gasteiger charge is 2.63. The molecule has 3 heterocycles. The summed E-state index contributed by atoms with van der Waals surface area (Å²) >= 11 is 0. The van der Waals surface area contributed by atoms with Gasteiger partial charge in [0.1, 0.15) is 11.1 Å². The zero-order chi connectivity index (χ0) is 16.5. The van der Waals surface area contributed by atoms with E-state index in [0.29, 0.717) is 0 Å². The Kier molecular flexibility index (Phi) is 2.73. The molecule has 1 aromatic carbocycles. The first-order chi connectivity index (χ1) is 11.6. The van der Waals surface area contributed by atoms with Gasteiger partial charge < -0.3 is 9.72 Å². The quantitative estimate of drug-likeness (QED) is 0.780. The Labute approximate surface area is 142 Å². The molecule has 1 aromatic heterocycles. The lowest BCUT2D eigenvalue weighted by molar-refractivity contribution is -0.0399. The number of hydrogen-bond acceptors (Lipinski definition) is 2. The molecular weight excluding hydrogens is 300 g/mol. The Hall–Kier alpha value is -1.97. The molecule has 1 spiro atoms. The van der Waals surface area contributed by atoms with Crippen molar-refractivity contribution in [1.82, 2.24) is 9.88 Å². The molecule has 1 N–H and O–H groups in total. The van der Waals surface area contributed by atoms with Crippen molar-refractivity contribution in [3.8, 4) is 0 Å². The van der Waals surface area contributed by atoms with E-state index in [1.165, 1.54) is 34.1 Å². The molecule has 1 atom stereocenters. The number of aryl methyl sites for hydroxylation is 1. The normalized spacial score (nSPS) is 28.1. The molecule has 2 aromatic rings. The van der Waals surface area contributed by atoms with Gasteiger partial charge >= 0.3 is 6.09 Å². The third-order valence-electron chi connectivity index (χ3n) is 6.84. The summed E-state index contributed by atoms with van der Waals surface area (Å²) in [6.07, 6.45) is 6.25. The van der Waals surface area contributed by atoms with Crippen molar-refractivity contribution in [3.63, 3.8) is 0 Å². The number of nitrogens with zero attached hydrogens (tertiary/aromatic N) is 1. The Morgan fingerprint density at radius 1 is 1.21 bits per heavy atom. The summed E-state index contributed by atoms with van der Waals surface area (Å²) < 4.78 is 6.13. The molecule has 1 amide bonds. The van der Waals surface area contributed by atoms with Crippen molar-refractivity contribution in [2.24, 2.45) is 0 Å². The Morgan fingerprint density at radius 3 is 2.79 bits per heavy atom. The van der Waals surface area contributed by atoms with Gasteiger partial charge in [-0.15, -0.1) is 0 Å². The summed E-state index contributed by atoms with van der Waals surface area (Å²) in [5, 5.41) is 1.32. The number of H-pyrrole nitrogens is 1. The van der Waals surface area contributed by atoms with Crippen LogP contribution in [0.3, 0.4) is 0 Å². The van der Waals surface area contributed by atoms with Gasteiger partial charge in [0.05, 0.1) is 0 Å². The van der Waals surface area contributed by atoms with Crippen molar-refractivity contribution >= 4 is 17.0 Å². The number of benzene rings is 1. The van der Waals surface area contributed by atoms with Crippen LogP contribution in [0.5, 0.6) is 0 Å². The number of rotatable bonds is 0. The number of carbonyl (C=O) groups excluding carboxylic acids is 1. The van der Waals surface area contributed by atoms with Crippen LogP contribution in [0, 0.1) is 6.92 Å². The first kappa shape index (κ1) is 14.4. The highest BCUT2D eigenvalue weighted by atomic mass is 16.6. The van der Waals surface area contributed by atoms with Crippen LogP contribution in [0.25, 0.3) is 10.9 Å². The van der Waals surface area contributed by atoms with Crippen LogP contribution in [-0.2, 0) is 16.7 Å². The van der Waals surface area contributed by atoms with Gasteiger partial charge in [-0.2, -0.15) is 0 Å². The molecule has 2 aliphatic heterocycles. The zero-order valence-corrected chi connectivity index (χ0v) is 14.4. The van der Waals surface area contributed by atoms with Crippen LogP contribution >= 0.6 is 0 Å². The summed E-state index contributed by atoms with van der Waals surface area (Å²) in [4.78, 5) is 18.4. The molecule has 4 nitrogen and oxygen atoms in total. The fourth-order valence-electron chi connectivity index (χ4n) is 5.56. The Morgan fingerprint density at radius 2 is 2.00 bits per heavy atom. The van der Waals surface area contributed by atoms with E-state index in [4.69, 9.17) is 4.74 Å². The number of ether oxygens (including phenoxy) is 1. The van der Waals surface area contributed by atoms with Gasteiger partial charge in [0.2, 0.25) is 0 Å². The van der Waals surface area contributed by atoms with Crippen molar-refractivity contribution in [3.05, 3.63) is 35.0 Å². The maximum absolute atomic E-state index is 12.8. The van der Waals surface area contributed by atoms with Gasteiger partial charge in [-0.3, -0.25) is 4.90 Å². The van der Waals surface area contributed by atoms with Gasteiger partial charge in [0.25, 0.3) is 0 Å². The van der Waals surface area contributed by atoms with E-state index in [-0.39, 0.29) is 17.2 Å². The second-order valence-electron chi connectivity index (χ2n) is 7.85. The second kappa shape index (κ2) is 4.56. The van der Waals surface area contributed by atoms with Crippen LogP contribution in [-0.4, -0.2) is 28.1 Å². The van der Waals surface area contributed by atoms with E-state index in [9.17, 15) is 4.79 Å². The minimum absolute atomic E-state index is 0.122. The van der Waals surface area contributed by atoms with Crippen molar-refractivity contribution in [2.45, 2.75) is 63.5 Å². The third-order valence-corrected chi connectivity index (χ3v) is 6.84. The molecule has 0 bridgehead atoms. The molecule has 3 aliphatic rings. The average molecular weight is 324 g/mol. The molecule has 5 rings (SSSR count). The van der Waals surface area contributed by atoms with Crippen molar-refractivity contribution in [1.29, 1.82) is 0 Å². The number of aromatic nitrogens is 1. The summed E-state index contributed by atoms with van der Waals surface area (Å²) in [5.74, 6) is 0. The molecule has 0 radical (unpaired) electrons. The number of aromatic amines is 1. The minimum Gasteiger partial charge on any atom is -0.440 e. The predicted molar refractivity (Wildman–Crippen MR) is 93.1 cm³/mol. The molecule has 1 saturated carbocycles. The van der Waals surface area contributed by atoms with Crippen LogP contribution in [0.2, 0.25) is 0 Å². The van der Waals surface area contributed by atoms with E-state index >= 15 is 0 Å². The number of carbonyl (C=O) groups is 1. The standard InChI is InChI=1S/C20H24N2O2/c1-13-14-9-12-22-18(23)24-20(10-4-3-5-11-20)19(22,2)15-7-6-8-16(21-13)17(14)15/h6-8,21H,3-5,9-12H2,1-2H3. The smallest absolute Gasteiger partial charge is 0.411 e. The Bertz CT molecular complexity index is 847. The largest absolute Gasteiger partial charge is 0.440 e. The molecule has 1 aliphatic carbocycles. The molecule has 126 valence electrons. The SMILES string of the molecule is Cc1[nH]c2cccc3c2c1CCN1C(=O)OC2(CCCCC2)C31C. The molecule has 24 heavy (non-hydrogen) atoms. The van der Waals surface area contributed by atoms with Gasteiger partial charge in [0.15, 0.2) is 0 Å². The Balaban J connectivity index is 1.83. The second-order valence-corrected chi connectivity index (χ2v) is 7.85. The van der Waals surface area contributed by atoms with Crippen LogP contribution in [0.4, 0.5) is 4.79 Å². The lowest BCUT2D eigenvalue weighted by Gasteiger charge is -2.46. The highest BCUT2D eigenvalue weighted by Crippen LogP contribution is 2.56. The average Bonchev–Trinajstić information content (AvgIpc) is 2.92. The van der Waals surface area contributed by atoms with Gasteiger partial charge in [-0.25, -0.2) is 4.79 Å². The topological polar surface area (TPSA) is 45.3 Å². The van der Waals surface area contributed by atoms with Crippen molar-refractivity contribution in [2.75, 3.05) is 6.54 Å².